The Labute approximate surface area is 125 Å². The number of aromatic nitrogens is 2. The quantitative estimate of drug-likeness (QED) is 0.467. The first-order chi connectivity index (χ1) is 9.73. The van der Waals surface area contributed by atoms with Crippen LogP contribution in [0.2, 0.25) is 0 Å². The summed E-state index contributed by atoms with van der Waals surface area (Å²) in [4.78, 5) is 0. The molecule has 0 saturated carbocycles. The topological polar surface area (TPSA) is 28.7 Å². The SMILES string of the molecule is CCCCCCCC(C)(CCCCCC)c1ccn[nH]1. The fraction of sp³-hybridized carbons (Fsp3) is 0.833. The highest BCUT2D eigenvalue weighted by Gasteiger charge is 2.26. The van der Waals surface area contributed by atoms with E-state index in [1.165, 1.54) is 76.3 Å². The maximum Gasteiger partial charge on any atom is 0.0490 e. The molecule has 0 radical (unpaired) electrons. The number of hydrogen-bond acceptors (Lipinski definition) is 1. The van der Waals surface area contributed by atoms with Crippen LogP contribution >= 0.6 is 0 Å². The average Bonchev–Trinajstić information content (AvgIpc) is 2.98. The number of rotatable bonds is 12. The van der Waals surface area contributed by atoms with E-state index in [-0.39, 0.29) is 0 Å². The van der Waals surface area contributed by atoms with Crippen LogP contribution in [0.25, 0.3) is 0 Å². The Morgan fingerprint density at radius 2 is 1.45 bits per heavy atom. The van der Waals surface area contributed by atoms with Gasteiger partial charge in [0.25, 0.3) is 0 Å². The van der Waals surface area contributed by atoms with Crippen molar-refractivity contribution in [2.24, 2.45) is 0 Å². The lowest BCUT2D eigenvalue weighted by molar-refractivity contribution is 0.354. The second kappa shape index (κ2) is 10.0. The van der Waals surface area contributed by atoms with Gasteiger partial charge in [0.2, 0.25) is 0 Å². The molecule has 1 rings (SSSR count). The number of aromatic amines is 1. The lowest BCUT2D eigenvalue weighted by Gasteiger charge is -2.28. The maximum atomic E-state index is 4.17. The minimum atomic E-state index is 0.302. The zero-order valence-electron chi connectivity index (χ0n) is 13.9. The molecule has 0 amide bonds. The van der Waals surface area contributed by atoms with Gasteiger partial charge in [-0.05, 0) is 18.9 Å². The highest BCUT2D eigenvalue weighted by Crippen LogP contribution is 2.34. The summed E-state index contributed by atoms with van der Waals surface area (Å²) in [5, 5.41) is 7.39. The van der Waals surface area contributed by atoms with Crippen LogP contribution < -0.4 is 0 Å². The standard InChI is InChI=1S/C18H34N2/c1-4-6-8-10-12-15-18(3,14-11-9-7-5-2)17-13-16-19-20-17/h13,16H,4-12,14-15H2,1-3H3,(H,19,20). The monoisotopic (exact) mass is 278 g/mol. The number of nitrogens with one attached hydrogen (secondary N) is 1. The molecule has 116 valence electrons. The van der Waals surface area contributed by atoms with Gasteiger partial charge in [0, 0.05) is 17.3 Å². The van der Waals surface area contributed by atoms with Gasteiger partial charge >= 0.3 is 0 Å². The molecule has 1 heterocycles. The van der Waals surface area contributed by atoms with E-state index in [1.807, 2.05) is 6.20 Å². The summed E-state index contributed by atoms with van der Waals surface area (Å²) < 4.78 is 0. The van der Waals surface area contributed by atoms with Crippen molar-refractivity contribution in [3.8, 4) is 0 Å². The zero-order chi connectivity index (χ0) is 14.7. The molecule has 2 heteroatoms. The maximum absolute atomic E-state index is 4.17. The van der Waals surface area contributed by atoms with Gasteiger partial charge in [0.15, 0.2) is 0 Å². The van der Waals surface area contributed by atoms with E-state index in [4.69, 9.17) is 0 Å². The smallest absolute Gasteiger partial charge is 0.0490 e. The van der Waals surface area contributed by atoms with Crippen LogP contribution in [0.4, 0.5) is 0 Å². The lowest BCUT2D eigenvalue weighted by atomic mass is 9.77. The van der Waals surface area contributed by atoms with Crippen molar-refractivity contribution < 1.29 is 0 Å². The molecule has 0 saturated heterocycles. The summed E-state index contributed by atoms with van der Waals surface area (Å²) in [7, 11) is 0. The van der Waals surface area contributed by atoms with Gasteiger partial charge in [-0.25, -0.2) is 0 Å². The molecule has 1 aromatic rings. The third-order valence-corrected chi connectivity index (χ3v) is 4.57. The Bertz CT molecular complexity index is 318. The number of hydrogen-bond donors (Lipinski definition) is 1. The van der Waals surface area contributed by atoms with Crippen LogP contribution in [-0.4, -0.2) is 10.2 Å². The Balaban J connectivity index is 2.43. The van der Waals surface area contributed by atoms with E-state index < -0.39 is 0 Å². The van der Waals surface area contributed by atoms with E-state index in [9.17, 15) is 0 Å². The van der Waals surface area contributed by atoms with Crippen LogP contribution in [0.15, 0.2) is 12.3 Å². The highest BCUT2D eigenvalue weighted by atomic mass is 15.1. The summed E-state index contributed by atoms with van der Waals surface area (Å²) in [5.74, 6) is 0. The van der Waals surface area contributed by atoms with Gasteiger partial charge in [-0.3, -0.25) is 5.10 Å². The van der Waals surface area contributed by atoms with Crippen LogP contribution in [0, 0.1) is 0 Å². The van der Waals surface area contributed by atoms with E-state index in [1.54, 1.807) is 0 Å². The van der Waals surface area contributed by atoms with Crippen molar-refractivity contribution in [2.45, 2.75) is 96.8 Å². The lowest BCUT2D eigenvalue weighted by Crippen LogP contribution is -2.22. The van der Waals surface area contributed by atoms with Crippen molar-refractivity contribution >= 4 is 0 Å². The second-order valence-electron chi connectivity index (χ2n) is 6.51. The first-order valence-electron chi connectivity index (χ1n) is 8.73. The fourth-order valence-corrected chi connectivity index (χ4v) is 3.05. The highest BCUT2D eigenvalue weighted by molar-refractivity contribution is 5.13. The van der Waals surface area contributed by atoms with Crippen molar-refractivity contribution in [1.29, 1.82) is 0 Å². The molecule has 1 atom stereocenters. The molecule has 0 fully saturated rings. The third-order valence-electron chi connectivity index (χ3n) is 4.57. The number of nitrogens with zero attached hydrogens (tertiary/aromatic N) is 1. The normalized spacial score (nSPS) is 14.3. The third kappa shape index (κ3) is 6.11. The molecule has 0 aromatic carbocycles. The van der Waals surface area contributed by atoms with E-state index in [2.05, 4.69) is 37.0 Å². The molecule has 2 nitrogen and oxygen atoms in total. The fourth-order valence-electron chi connectivity index (χ4n) is 3.05. The average molecular weight is 278 g/mol. The summed E-state index contributed by atoms with van der Waals surface area (Å²) in [6.07, 6.45) is 16.7. The summed E-state index contributed by atoms with van der Waals surface area (Å²) in [6.45, 7) is 6.98. The molecule has 0 aliphatic rings. The Morgan fingerprint density at radius 3 is 1.95 bits per heavy atom. The molecule has 20 heavy (non-hydrogen) atoms. The predicted molar refractivity (Wildman–Crippen MR) is 88.1 cm³/mol. The van der Waals surface area contributed by atoms with Crippen molar-refractivity contribution in [1.82, 2.24) is 10.2 Å². The van der Waals surface area contributed by atoms with Crippen molar-refractivity contribution in [3.63, 3.8) is 0 Å². The molecule has 0 spiro atoms. The second-order valence-corrected chi connectivity index (χ2v) is 6.51. The number of unbranched alkanes of at least 4 members (excludes halogenated alkanes) is 7. The molecular formula is C18H34N2. The van der Waals surface area contributed by atoms with Crippen LogP contribution in [0.1, 0.15) is 97.1 Å². The summed E-state index contributed by atoms with van der Waals surface area (Å²) in [5.41, 5.74) is 1.64. The van der Waals surface area contributed by atoms with Crippen LogP contribution in [0.3, 0.4) is 0 Å². The van der Waals surface area contributed by atoms with Crippen molar-refractivity contribution in [2.75, 3.05) is 0 Å². The van der Waals surface area contributed by atoms with Crippen LogP contribution in [-0.2, 0) is 5.41 Å². The van der Waals surface area contributed by atoms with Crippen molar-refractivity contribution in [3.05, 3.63) is 18.0 Å². The van der Waals surface area contributed by atoms with E-state index in [0.717, 1.165) is 0 Å². The van der Waals surface area contributed by atoms with E-state index >= 15 is 0 Å². The van der Waals surface area contributed by atoms with Gasteiger partial charge in [0.1, 0.15) is 0 Å². The predicted octanol–water partition coefficient (Wildman–Crippen LogP) is 6.00. The van der Waals surface area contributed by atoms with Crippen LogP contribution in [0.5, 0.6) is 0 Å². The van der Waals surface area contributed by atoms with Gasteiger partial charge < -0.3 is 0 Å². The largest absolute Gasteiger partial charge is 0.282 e. The molecule has 1 N–H and O–H groups in total. The minimum Gasteiger partial charge on any atom is -0.282 e. The molecular weight excluding hydrogens is 244 g/mol. The first-order valence-corrected chi connectivity index (χ1v) is 8.73. The first kappa shape index (κ1) is 17.3. The van der Waals surface area contributed by atoms with Gasteiger partial charge in [0.05, 0.1) is 0 Å². The Morgan fingerprint density at radius 1 is 0.900 bits per heavy atom. The molecule has 0 bridgehead atoms. The summed E-state index contributed by atoms with van der Waals surface area (Å²) in [6, 6.07) is 2.17. The Hall–Kier alpha value is -0.790. The minimum absolute atomic E-state index is 0.302. The molecule has 0 aliphatic heterocycles. The van der Waals surface area contributed by atoms with Gasteiger partial charge in [-0.1, -0.05) is 78.6 Å². The molecule has 1 unspecified atom stereocenters. The summed E-state index contributed by atoms with van der Waals surface area (Å²) >= 11 is 0. The van der Waals surface area contributed by atoms with Gasteiger partial charge in [-0.15, -0.1) is 0 Å². The van der Waals surface area contributed by atoms with E-state index in [0.29, 0.717) is 5.41 Å². The zero-order valence-corrected chi connectivity index (χ0v) is 13.9. The van der Waals surface area contributed by atoms with Gasteiger partial charge in [-0.2, -0.15) is 5.10 Å². The Kier molecular flexibility index (Phi) is 8.64. The molecule has 1 aromatic heterocycles. The number of H-pyrrole nitrogens is 1. The molecule has 0 aliphatic carbocycles.